The first-order valence-electron chi connectivity index (χ1n) is 8.21. The van der Waals surface area contributed by atoms with Crippen molar-refractivity contribution >= 4 is 12.3 Å². The van der Waals surface area contributed by atoms with Gasteiger partial charge in [-0.3, -0.25) is 4.79 Å². The summed E-state index contributed by atoms with van der Waals surface area (Å²) in [4.78, 5) is 21.5. The van der Waals surface area contributed by atoms with Crippen molar-refractivity contribution in [1.82, 2.24) is 5.32 Å². The smallest absolute Gasteiger partial charge is 0.305 e. The number of rotatable bonds is 10. The third-order valence-electron chi connectivity index (χ3n) is 5.17. The van der Waals surface area contributed by atoms with Crippen molar-refractivity contribution in [3.05, 3.63) is 0 Å². The summed E-state index contributed by atoms with van der Waals surface area (Å²) < 4.78 is 0. The predicted molar refractivity (Wildman–Crippen MR) is 87.7 cm³/mol. The van der Waals surface area contributed by atoms with Crippen LogP contribution < -0.4 is 11.1 Å². The number of aldehydes is 1. The van der Waals surface area contributed by atoms with Gasteiger partial charge in [0.15, 0.2) is 0 Å². The molecule has 1 aliphatic rings. The van der Waals surface area contributed by atoms with Crippen molar-refractivity contribution in [2.75, 3.05) is 6.54 Å². The maximum atomic E-state index is 10.9. The number of aliphatic carboxylic acids is 1. The largest absolute Gasteiger partial charge is 0.481 e. The molecule has 5 heteroatoms. The molecule has 1 unspecified atom stereocenters. The van der Waals surface area contributed by atoms with Gasteiger partial charge in [0.25, 0.3) is 0 Å². The molecule has 0 spiro atoms. The molecule has 2 atom stereocenters. The van der Waals surface area contributed by atoms with E-state index in [1.807, 2.05) is 6.92 Å². The minimum atomic E-state index is -0.982. The molecule has 22 heavy (non-hydrogen) atoms. The van der Waals surface area contributed by atoms with Crippen LogP contribution in [-0.2, 0) is 9.59 Å². The molecule has 1 saturated carbocycles. The van der Waals surface area contributed by atoms with Gasteiger partial charge in [0.2, 0.25) is 0 Å². The highest BCUT2D eigenvalue weighted by Crippen LogP contribution is 2.61. The molecule has 128 valence electrons. The van der Waals surface area contributed by atoms with Crippen LogP contribution in [0.3, 0.4) is 0 Å². The fraction of sp³-hybridized carbons (Fsp3) is 0.882. The maximum absolute atomic E-state index is 10.9. The molecule has 0 aromatic rings. The van der Waals surface area contributed by atoms with E-state index in [0.29, 0.717) is 23.7 Å². The summed E-state index contributed by atoms with van der Waals surface area (Å²) in [6.07, 6.45) is 6.18. The van der Waals surface area contributed by atoms with Gasteiger partial charge in [-0.2, -0.15) is 0 Å². The molecule has 5 nitrogen and oxygen atoms in total. The van der Waals surface area contributed by atoms with Crippen LogP contribution in [0, 0.1) is 10.8 Å². The Morgan fingerprint density at radius 3 is 2.36 bits per heavy atom. The van der Waals surface area contributed by atoms with Crippen LogP contribution >= 0.6 is 0 Å². The van der Waals surface area contributed by atoms with Gasteiger partial charge in [0.05, 0.1) is 12.5 Å². The van der Waals surface area contributed by atoms with Crippen LogP contribution in [0.25, 0.3) is 0 Å². The summed E-state index contributed by atoms with van der Waals surface area (Å²) in [5, 5.41) is 11.7. The lowest BCUT2D eigenvalue weighted by Gasteiger charge is -2.33. The topological polar surface area (TPSA) is 92.4 Å². The van der Waals surface area contributed by atoms with Crippen molar-refractivity contribution in [3.8, 4) is 0 Å². The van der Waals surface area contributed by atoms with E-state index in [1.54, 1.807) is 0 Å². The molecule has 1 rings (SSSR count). The Labute approximate surface area is 134 Å². The molecule has 0 bridgehead atoms. The Bertz CT molecular complexity index is 395. The Hall–Kier alpha value is -0.940. The van der Waals surface area contributed by atoms with Crippen molar-refractivity contribution < 1.29 is 14.7 Å². The van der Waals surface area contributed by atoms with Gasteiger partial charge in [-0.05, 0) is 43.4 Å². The molecule has 0 amide bonds. The monoisotopic (exact) mass is 312 g/mol. The zero-order valence-electron chi connectivity index (χ0n) is 14.4. The van der Waals surface area contributed by atoms with Crippen molar-refractivity contribution in [1.29, 1.82) is 0 Å². The van der Waals surface area contributed by atoms with Gasteiger partial charge in [-0.1, -0.05) is 27.2 Å². The normalized spacial score (nSPS) is 21.0. The number of carboxylic acids is 1. The molecule has 0 radical (unpaired) electrons. The molecule has 0 aromatic carbocycles. The Balaban J connectivity index is 2.35. The van der Waals surface area contributed by atoms with E-state index in [2.05, 4.69) is 26.1 Å². The minimum absolute atomic E-state index is 0.202. The first kappa shape index (κ1) is 19.1. The van der Waals surface area contributed by atoms with Crippen molar-refractivity contribution in [2.45, 2.75) is 77.8 Å². The second kappa shape index (κ2) is 7.09. The number of carbonyl (C=O) groups excluding carboxylic acids is 1. The van der Waals surface area contributed by atoms with Gasteiger partial charge in [-0.15, -0.1) is 0 Å². The first-order chi connectivity index (χ1) is 10.0. The molecule has 0 aromatic heterocycles. The number of carbonyl (C=O) groups is 2. The van der Waals surface area contributed by atoms with Gasteiger partial charge in [0.1, 0.15) is 6.29 Å². The Morgan fingerprint density at radius 2 is 1.95 bits per heavy atom. The molecule has 1 fully saturated rings. The van der Waals surface area contributed by atoms with Crippen LogP contribution in [0.1, 0.15) is 66.2 Å². The lowest BCUT2D eigenvalue weighted by Crippen LogP contribution is -2.49. The predicted octanol–water partition coefficient (Wildman–Crippen LogP) is 2.33. The first-order valence-corrected chi connectivity index (χ1v) is 8.21. The Kier molecular flexibility index (Phi) is 6.16. The lowest BCUT2D eigenvalue weighted by atomic mass is 9.74. The second-order valence-electron chi connectivity index (χ2n) is 8.26. The van der Waals surface area contributed by atoms with Crippen LogP contribution in [0.5, 0.6) is 0 Å². The number of hydrogen-bond acceptors (Lipinski definition) is 4. The molecule has 0 aliphatic heterocycles. The highest BCUT2D eigenvalue weighted by molar-refractivity contribution is 5.73. The quantitative estimate of drug-likeness (QED) is 0.538. The fourth-order valence-electron chi connectivity index (χ4n) is 3.17. The molecule has 0 heterocycles. The lowest BCUT2D eigenvalue weighted by molar-refractivity contribution is -0.138. The summed E-state index contributed by atoms with van der Waals surface area (Å²) in [7, 11) is 0. The molecule has 0 saturated heterocycles. The number of nitrogens with two attached hydrogens (primary N) is 1. The van der Waals surface area contributed by atoms with Gasteiger partial charge < -0.3 is 21.0 Å². The number of hydrogen-bond donors (Lipinski definition) is 3. The van der Waals surface area contributed by atoms with E-state index in [9.17, 15) is 9.59 Å². The zero-order chi connectivity index (χ0) is 17.0. The minimum Gasteiger partial charge on any atom is -0.481 e. The third-order valence-corrected chi connectivity index (χ3v) is 5.17. The molecule has 4 N–H and O–H groups in total. The van der Waals surface area contributed by atoms with E-state index in [-0.39, 0.29) is 6.42 Å². The van der Waals surface area contributed by atoms with Gasteiger partial charge >= 0.3 is 5.97 Å². The summed E-state index contributed by atoms with van der Waals surface area (Å²) in [6, 6.07) is -0.662. The fourth-order valence-corrected chi connectivity index (χ4v) is 3.17. The van der Waals surface area contributed by atoms with E-state index in [1.165, 1.54) is 19.3 Å². The third kappa shape index (κ3) is 5.69. The van der Waals surface area contributed by atoms with Crippen LogP contribution in [-0.4, -0.2) is 35.5 Å². The van der Waals surface area contributed by atoms with Crippen molar-refractivity contribution in [2.24, 2.45) is 16.6 Å². The average molecular weight is 312 g/mol. The number of carboxylic acid groups (broad SMARTS) is 1. The summed E-state index contributed by atoms with van der Waals surface area (Å²) in [5.74, 6) is -0.982. The summed E-state index contributed by atoms with van der Waals surface area (Å²) in [6.45, 7) is 9.34. The number of nitrogens with one attached hydrogen (secondary N) is 1. The molecule has 1 aliphatic carbocycles. The average Bonchev–Trinajstić information content (AvgIpc) is 3.14. The summed E-state index contributed by atoms with van der Waals surface area (Å²) in [5.41, 5.74) is 6.69. The van der Waals surface area contributed by atoms with Crippen LogP contribution in [0.2, 0.25) is 0 Å². The van der Waals surface area contributed by atoms with Gasteiger partial charge in [0, 0.05) is 12.1 Å². The zero-order valence-corrected chi connectivity index (χ0v) is 14.4. The highest BCUT2D eigenvalue weighted by atomic mass is 16.4. The van der Waals surface area contributed by atoms with Crippen LogP contribution in [0.15, 0.2) is 0 Å². The van der Waals surface area contributed by atoms with Crippen LogP contribution in [0.4, 0.5) is 0 Å². The Morgan fingerprint density at radius 1 is 1.36 bits per heavy atom. The standard InChI is InChI=1S/C17H32N2O3/c1-15(2,3)17(8-9-17)7-5-6-16(4,18)12-19-13(11-20)10-14(21)22/h11,13,19H,5-10,12,18H2,1-4H3,(H,21,22)/t13-,16?/m0/s1. The molecular weight excluding hydrogens is 280 g/mol. The van der Waals surface area contributed by atoms with E-state index in [4.69, 9.17) is 10.8 Å². The van der Waals surface area contributed by atoms with Crippen molar-refractivity contribution in [3.63, 3.8) is 0 Å². The highest BCUT2D eigenvalue weighted by Gasteiger charge is 2.50. The summed E-state index contributed by atoms with van der Waals surface area (Å²) >= 11 is 0. The SMILES string of the molecule is CC(N)(CCCC1(C(C)(C)C)CC1)CN[C@H](C=O)CC(=O)O. The van der Waals surface area contributed by atoms with E-state index >= 15 is 0 Å². The maximum Gasteiger partial charge on any atom is 0.305 e. The van der Waals surface area contributed by atoms with E-state index in [0.717, 1.165) is 12.8 Å². The van der Waals surface area contributed by atoms with Gasteiger partial charge in [-0.25, -0.2) is 0 Å². The van der Waals surface area contributed by atoms with E-state index < -0.39 is 17.6 Å². The second-order valence-corrected chi connectivity index (χ2v) is 8.26. The molecular formula is C17H32N2O3.